The zero-order valence-electron chi connectivity index (χ0n) is 19.3. The molecule has 35 heavy (non-hydrogen) atoms. The number of carbonyl (C=O) groups is 1. The summed E-state index contributed by atoms with van der Waals surface area (Å²) in [6.07, 6.45) is -0.791. The minimum Gasteiger partial charge on any atom is -0.492 e. The van der Waals surface area contributed by atoms with Crippen molar-refractivity contribution in [3.05, 3.63) is 42.0 Å². The van der Waals surface area contributed by atoms with Crippen molar-refractivity contribution in [2.45, 2.75) is 11.0 Å². The lowest BCUT2D eigenvalue weighted by molar-refractivity contribution is 0.0937. The number of sulfonamides is 1. The number of nitrogen functional groups attached to an aromatic ring is 3. The summed E-state index contributed by atoms with van der Waals surface area (Å²) in [6, 6.07) is 9.52. The molecule has 13 heteroatoms. The van der Waals surface area contributed by atoms with Crippen LogP contribution in [0.25, 0.3) is 0 Å². The van der Waals surface area contributed by atoms with Gasteiger partial charge in [0.2, 0.25) is 10.0 Å². The monoisotopic (exact) mass is 503 g/mol. The van der Waals surface area contributed by atoms with E-state index >= 15 is 0 Å². The fourth-order valence-corrected chi connectivity index (χ4v) is 5.76. The quantitative estimate of drug-likeness (QED) is 0.237. The van der Waals surface area contributed by atoms with Gasteiger partial charge in [-0.2, -0.15) is 4.31 Å². The number of ether oxygens (including phenoxy) is 2. The highest BCUT2D eigenvalue weighted by Crippen LogP contribution is 2.33. The number of anilines is 3. The van der Waals surface area contributed by atoms with E-state index in [2.05, 4.69) is 4.90 Å². The topological polar surface area (TPSA) is 181 Å². The molecule has 1 unspecified atom stereocenters. The Hall–Kier alpha value is -3.55. The number of cyclic esters (lactones) is 1. The lowest BCUT2D eigenvalue weighted by atomic mass is 10.2. The molecular formula is C22H29N7O5S. The maximum absolute atomic E-state index is 13.1. The van der Waals surface area contributed by atoms with Crippen LogP contribution in [0.5, 0.6) is 5.75 Å². The number of nitrogens with zero attached hydrogens (tertiary/aromatic N) is 3. The van der Waals surface area contributed by atoms with E-state index < -0.39 is 16.1 Å². The van der Waals surface area contributed by atoms with Gasteiger partial charge in [0.05, 0.1) is 29.9 Å². The van der Waals surface area contributed by atoms with Crippen LogP contribution in [0.2, 0.25) is 0 Å². The summed E-state index contributed by atoms with van der Waals surface area (Å²) in [5.41, 5.74) is 18.8. The maximum Gasteiger partial charge on any atom is 0.414 e. The summed E-state index contributed by atoms with van der Waals surface area (Å²) in [4.78, 5) is 16.0. The highest BCUT2D eigenvalue weighted by atomic mass is 32.2. The molecule has 1 atom stereocenters. The molecule has 2 aromatic rings. The summed E-state index contributed by atoms with van der Waals surface area (Å²) in [7, 11) is -2.36. The molecule has 7 N–H and O–H groups in total. The van der Waals surface area contributed by atoms with Crippen molar-refractivity contribution in [1.29, 1.82) is 5.41 Å². The number of rotatable bonds is 7. The Balaban J connectivity index is 1.35. The number of nitrogens with two attached hydrogens (primary N) is 3. The van der Waals surface area contributed by atoms with Gasteiger partial charge in [-0.25, -0.2) is 13.2 Å². The summed E-state index contributed by atoms with van der Waals surface area (Å²) < 4.78 is 38.2. The number of hydrogen-bond acceptors (Lipinski definition) is 9. The van der Waals surface area contributed by atoms with Crippen LogP contribution in [0, 0.1) is 5.41 Å². The Morgan fingerprint density at radius 3 is 2.26 bits per heavy atom. The van der Waals surface area contributed by atoms with Crippen LogP contribution in [0.4, 0.5) is 21.9 Å². The molecule has 1 amide bonds. The van der Waals surface area contributed by atoms with Crippen LogP contribution >= 0.6 is 0 Å². The first kappa shape index (κ1) is 24.6. The molecule has 0 aliphatic carbocycles. The zero-order valence-corrected chi connectivity index (χ0v) is 20.1. The van der Waals surface area contributed by atoms with Gasteiger partial charge in [0, 0.05) is 44.0 Å². The van der Waals surface area contributed by atoms with Crippen molar-refractivity contribution < 1.29 is 22.7 Å². The molecule has 2 heterocycles. The Morgan fingerprint density at radius 2 is 1.71 bits per heavy atom. The molecule has 4 rings (SSSR count). The average Bonchev–Trinajstić information content (AvgIpc) is 3.19. The predicted molar refractivity (Wildman–Crippen MR) is 132 cm³/mol. The highest BCUT2D eigenvalue weighted by molar-refractivity contribution is 7.89. The molecule has 2 aromatic carbocycles. The Morgan fingerprint density at radius 1 is 1.11 bits per heavy atom. The van der Waals surface area contributed by atoms with Crippen molar-refractivity contribution in [3.8, 4) is 5.75 Å². The SMILES string of the molecule is COc1c(N)cc(S(=O)(=O)N2CCN(CC3CN(c4ccc(C(=N)N)cc4)C(=O)O3)CC2)cc1N. The minimum absolute atomic E-state index is 0.0258. The molecule has 2 saturated heterocycles. The predicted octanol–water partition coefficient (Wildman–Crippen LogP) is 0.475. The van der Waals surface area contributed by atoms with Crippen LogP contribution in [-0.4, -0.2) is 82.0 Å². The molecule has 2 aliphatic rings. The molecular weight excluding hydrogens is 474 g/mol. The third kappa shape index (κ3) is 4.97. The molecule has 0 aromatic heterocycles. The molecule has 2 aliphatic heterocycles. The van der Waals surface area contributed by atoms with Gasteiger partial charge in [-0.05, 0) is 36.4 Å². The lowest BCUT2D eigenvalue weighted by Crippen LogP contribution is -2.50. The van der Waals surface area contributed by atoms with E-state index in [4.69, 9.17) is 32.1 Å². The minimum atomic E-state index is -3.77. The summed E-state index contributed by atoms with van der Waals surface area (Å²) in [6.45, 7) is 2.41. The number of methoxy groups -OCH3 is 1. The Labute approximate surface area is 203 Å². The smallest absolute Gasteiger partial charge is 0.414 e. The standard InChI is InChI=1S/C22H29N7O5S/c1-33-20-18(23)10-17(11-19(20)24)35(31,32)28-8-6-27(7-9-28)12-16-13-29(22(30)34-16)15-4-2-14(3-5-15)21(25)26/h2-5,10-11,16H,6-9,12-13,23-24H2,1H3,(H3,25,26). The summed E-state index contributed by atoms with van der Waals surface area (Å²) in [5.74, 6) is 0.210. The number of amides is 1. The number of carbonyl (C=O) groups excluding carboxylic acids is 1. The molecule has 0 spiro atoms. The number of piperazine rings is 1. The van der Waals surface area contributed by atoms with E-state index in [1.165, 1.54) is 28.4 Å². The zero-order chi connectivity index (χ0) is 25.3. The fraction of sp³-hybridized carbons (Fsp3) is 0.364. The third-order valence-corrected chi connectivity index (χ3v) is 8.00. The largest absolute Gasteiger partial charge is 0.492 e. The summed E-state index contributed by atoms with van der Waals surface area (Å²) in [5, 5.41) is 7.48. The molecule has 12 nitrogen and oxygen atoms in total. The van der Waals surface area contributed by atoms with Crippen molar-refractivity contribution in [1.82, 2.24) is 9.21 Å². The van der Waals surface area contributed by atoms with Gasteiger partial charge in [-0.3, -0.25) is 15.2 Å². The molecule has 0 radical (unpaired) electrons. The highest BCUT2D eigenvalue weighted by Gasteiger charge is 2.35. The van der Waals surface area contributed by atoms with Gasteiger partial charge < -0.3 is 26.7 Å². The molecule has 2 fully saturated rings. The van der Waals surface area contributed by atoms with Crippen molar-refractivity contribution in [2.24, 2.45) is 5.73 Å². The third-order valence-electron chi connectivity index (χ3n) is 6.12. The second kappa shape index (κ2) is 9.60. The van der Waals surface area contributed by atoms with E-state index in [-0.39, 0.29) is 47.0 Å². The second-order valence-corrected chi connectivity index (χ2v) is 10.4. The van der Waals surface area contributed by atoms with Gasteiger partial charge in [0.25, 0.3) is 0 Å². The normalized spacial score (nSPS) is 19.5. The van der Waals surface area contributed by atoms with Crippen LogP contribution in [0.1, 0.15) is 5.56 Å². The Bertz CT molecular complexity index is 1200. The van der Waals surface area contributed by atoms with Crippen LogP contribution in [0.3, 0.4) is 0 Å². The molecule has 0 bridgehead atoms. The molecule has 188 valence electrons. The lowest BCUT2D eigenvalue weighted by Gasteiger charge is -2.34. The van der Waals surface area contributed by atoms with Gasteiger partial charge in [0.1, 0.15) is 11.9 Å². The Kier molecular flexibility index (Phi) is 6.74. The van der Waals surface area contributed by atoms with Gasteiger partial charge in [-0.15, -0.1) is 0 Å². The van der Waals surface area contributed by atoms with E-state index in [0.29, 0.717) is 37.4 Å². The maximum atomic E-state index is 13.1. The van der Waals surface area contributed by atoms with Crippen molar-refractivity contribution in [3.63, 3.8) is 0 Å². The van der Waals surface area contributed by atoms with E-state index in [0.717, 1.165) is 0 Å². The fourth-order valence-electron chi connectivity index (χ4n) is 4.27. The number of benzene rings is 2. The average molecular weight is 504 g/mol. The van der Waals surface area contributed by atoms with Gasteiger partial charge in [0.15, 0.2) is 5.75 Å². The molecule has 0 saturated carbocycles. The number of nitrogens with one attached hydrogen (secondary N) is 1. The first-order valence-electron chi connectivity index (χ1n) is 11.0. The van der Waals surface area contributed by atoms with Crippen molar-refractivity contribution >= 4 is 39.0 Å². The van der Waals surface area contributed by atoms with Crippen molar-refractivity contribution in [2.75, 3.05) is 62.7 Å². The first-order valence-corrected chi connectivity index (χ1v) is 12.4. The number of hydrogen-bond donors (Lipinski definition) is 4. The van der Waals surface area contributed by atoms with Gasteiger partial charge >= 0.3 is 6.09 Å². The van der Waals surface area contributed by atoms with Crippen LogP contribution < -0.4 is 26.8 Å². The van der Waals surface area contributed by atoms with E-state index in [1.807, 2.05) is 0 Å². The van der Waals surface area contributed by atoms with Crippen LogP contribution in [0.15, 0.2) is 41.3 Å². The number of amidine groups is 1. The van der Waals surface area contributed by atoms with E-state index in [9.17, 15) is 13.2 Å². The van der Waals surface area contributed by atoms with E-state index in [1.54, 1.807) is 24.3 Å². The summed E-state index contributed by atoms with van der Waals surface area (Å²) >= 11 is 0. The van der Waals surface area contributed by atoms with Crippen LogP contribution in [-0.2, 0) is 14.8 Å². The first-order chi connectivity index (χ1) is 16.6. The van der Waals surface area contributed by atoms with Gasteiger partial charge in [-0.1, -0.05) is 0 Å². The second-order valence-electron chi connectivity index (χ2n) is 8.42.